The maximum Gasteiger partial charge on any atom is 0.275 e. The van der Waals surface area contributed by atoms with Crippen molar-refractivity contribution < 1.29 is 19.2 Å². The Morgan fingerprint density at radius 3 is 1.61 bits per heavy atom. The third-order valence-corrected chi connectivity index (χ3v) is 9.09. The van der Waals surface area contributed by atoms with Crippen LogP contribution in [0.4, 0.5) is 0 Å². The summed E-state index contributed by atoms with van der Waals surface area (Å²) in [5, 5.41) is 2.15. The zero-order valence-electron chi connectivity index (χ0n) is 22.1. The smallest absolute Gasteiger partial charge is 0.275 e. The van der Waals surface area contributed by atoms with Crippen LogP contribution in [-0.2, 0) is 9.59 Å². The molecule has 1 saturated heterocycles. The number of Topliss-reactive ketones (excluding diaryl/α,β-unsaturated/α-hetero) is 1. The molecular weight excluding hydrogens is 536 g/mol. The van der Waals surface area contributed by atoms with Crippen LogP contribution in [0.2, 0.25) is 5.02 Å². The Hall–Kier alpha value is -4.55. The number of hydrazine groups is 1. The Morgan fingerprint density at radius 1 is 0.683 bits per heavy atom. The molecule has 0 radical (unpaired) electrons. The zero-order chi connectivity index (χ0) is 28.4. The van der Waals surface area contributed by atoms with Crippen LogP contribution in [0, 0.1) is 11.8 Å². The topological polar surface area (TPSA) is 74.8 Å². The van der Waals surface area contributed by atoms with Gasteiger partial charge >= 0.3 is 0 Å². The lowest BCUT2D eigenvalue weighted by atomic mass is 9.55. The van der Waals surface area contributed by atoms with Gasteiger partial charge in [0.15, 0.2) is 5.78 Å². The van der Waals surface area contributed by atoms with E-state index in [0.29, 0.717) is 5.56 Å². The molecule has 4 aliphatic rings. The monoisotopic (exact) mass is 560 g/mol. The third-order valence-electron chi connectivity index (χ3n) is 8.76. The molecular formula is C34H25ClN2O4. The number of carbonyl (C=O) groups is 4. The van der Waals surface area contributed by atoms with Gasteiger partial charge in [0.25, 0.3) is 17.7 Å². The fourth-order valence-electron chi connectivity index (χ4n) is 7.03. The minimum Gasteiger partial charge on any atom is -0.292 e. The Kier molecular flexibility index (Phi) is 5.91. The molecule has 41 heavy (non-hydrogen) atoms. The van der Waals surface area contributed by atoms with Crippen molar-refractivity contribution in [3.8, 4) is 0 Å². The highest BCUT2D eigenvalue weighted by molar-refractivity contribution is 6.34. The Labute approximate surface area is 242 Å². The van der Waals surface area contributed by atoms with Gasteiger partial charge < -0.3 is 0 Å². The summed E-state index contributed by atoms with van der Waals surface area (Å²) in [5.41, 5.74) is 4.58. The number of halogens is 1. The molecule has 1 heterocycles. The van der Waals surface area contributed by atoms with Crippen molar-refractivity contribution in [2.75, 3.05) is 0 Å². The van der Waals surface area contributed by atoms with E-state index < -0.39 is 41.4 Å². The average molecular weight is 561 g/mol. The van der Waals surface area contributed by atoms with Crippen LogP contribution < -0.4 is 0 Å². The number of carbonyl (C=O) groups excluding carboxylic acids is 4. The summed E-state index contributed by atoms with van der Waals surface area (Å²) in [5.74, 6) is -4.10. The third kappa shape index (κ3) is 3.64. The van der Waals surface area contributed by atoms with Gasteiger partial charge in [0.05, 0.1) is 22.4 Å². The first kappa shape index (κ1) is 25.4. The van der Waals surface area contributed by atoms with Gasteiger partial charge in [-0.15, -0.1) is 0 Å². The molecule has 0 saturated carbocycles. The van der Waals surface area contributed by atoms with Gasteiger partial charge in [-0.05, 0) is 41.3 Å². The van der Waals surface area contributed by atoms with Crippen LogP contribution >= 0.6 is 11.6 Å². The van der Waals surface area contributed by atoms with E-state index in [1.165, 1.54) is 6.07 Å². The van der Waals surface area contributed by atoms with Crippen molar-refractivity contribution in [1.82, 2.24) is 10.0 Å². The number of rotatable bonds is 5. The van der Waals surface area contributed by atoms with Gasteiger partial charge in [-0.1, -0.05) is 103 Å². The standard InChI is InChI=1S/C34H25ClN2O4/c1-19(31(38)20-11-3-2-4-12-20)36(32(39)25-17-9-10-18-26(25)35)37-33(40)29-27-21-13-5-6-14-22(21)28(30(29)34(37)41)24-16-8-7-15-23(24)27/h2-19,27-30H,1H3/t19-,27?,28?,29-,30-/m1/s1. The quantitative estimate of drug-likeness (QED) is 0.226. The van der Waals surface area contributed by atoms with E-state index in [9.17, 15) is 19.2 Å². The molecule has 3 aliphatic carbocycles. The number of hydrogen-bond donors (Lipinski definition) is 0. The summed E-state index contributed by atoms with van der Waals surface area (Å²) in [6, 6.07) is 29.7. The number of nitrogens with zero attached hydrogens (tertiary/aromatic N) is 2. The Bertz CT molecular complexity index is 1640. The van der Waals surface area contributed by atoms with Crippen LogP contribution in [0.3, 0.4) is 0 Å². The maximum absolute atomic E-state index is 14.5. The molecule has 0 spiro atoms. The molecule has 0 aromatic heterocycles. The first-order chi connectivity index (χ1) is 19.9. The van der Waals surface area contributed by atoms with Gasteiger partial charge in [-0.25, -0.2) is 5.01 Å². The van der Waals surface area contributed by atoms with Crippen molar-refractivity contribution in [2.24, 2.45) is 11.8 Å². The SMILES string of the molecule is C[C@H](C(=O)c1ccccc1)N(C(=O)c1ccccc1Cl)N1C(=O)[C@@H]2C3c4ccccc4C(c4ccccc43)[C@H]2C1=O. The van der Waals surface area contributed by atoms with Crippen molar-refractivity contribution in [2.45, 2.75) is 24.8 Å². The van der Waals surface area contributed by atoms with E-state index in [1.54, 1.807) is 55.5 Å². The average Bonchev–Trinajstić information content (AvgIpc) is 3.27. The molecule has 6 nitrogen and oxygen atoms in total. The molecule has 202 valence electrons. The number of hydrogen-bond acceptors (Lipinski definition) is 4. The second-order valence-corrected chi connectivity index (χ2v) is 11.2. The molecule has 4 aromatic carbocycles. The van der Waals surface area contributed by atoms with E-state index in [4.69, 9.17) is 11.6 Å². The largest absolute Gasteiger partial charge is 0.292 e. The Morgan fingerprint density at radius 2 is 1.12 bits per heavy atom. The highest BCUT2D eigenvalue weighted by atomic mass is 35.5. The molecule has 0 N–H and O–H groups in total. The van der Waals surface area contributed by atoms with Crippen LogP contribution in [0.5, 0.6) is 0 Å². The van der Waals surface area contributed by atoms with E-state index in [1.807, 2.05) is 48.5 Å². The van der Waals surface area contributed by atoms with Gasteiger partial charge in [-0.3, -0.25) is 19.2 Å². The lowest BCUT2D eigenvalue weighted by Gasteiger charge is -2.45. The normalized spacial score (nSPS) is 22.5. The fraction of sp³-hybridized carbons (Fsp3) is 0.176. The van der Waals surface area contributed by atoms with Crippen LogP contribution in [0.15, 0.2) is 103 Å². The number of benzene rings is 4. The molecule has 2 bridgehead atoms. The summed E-state index contributed by atoms with van der Waals surface area (Å²) in [6.45, 7) is 1.55. The van der Waals surface area contributed by atoms with Gasteiger partial charge in [-0.2, -0.15) is 5.01 Å². The first-order valence-corrected chi connectivity index (χ1v) is 14.0. The molecule has 4 aromatic rings. The molecule has 1 fully saturated rings. The minimum atomic E-state index is -1.16. The number of imide groups is 1. The van der Waals surface area contributed by atoms with Crippen LogP contribution in [0.1, 0.15) is 61.7 Å². The van der Waals surface area contributed by atoms with Crippen molar-refractivity contribution in [3.63, 3.8) is 0 Å². The lowest BCUT2D eigenvalue weighted by molar-refractivity contribution is -0.156. The van der Waals surface area contributed by atoms with Crippen LogP contribution in [0.25, 0.3) is 0 Å². The highest BCUT2D eigenvalue weighted by Gasteiger charge is 2.63. The van der Waals surface area contributed by atoms with Crippen molar-refractivity contribution in [1.29, 1.82) is 0 Å². The first-order valence-electron chi connectivity index (χ1n) is 13.6. The summed E-state index contributed by atoms with van der Waals surface area (Å²) < 4.78 is 0. The van der Waals surface area contributed by atoms with E-state index in [2.05, 4.69) is 0 Å². The number of ketones is 1. The van der Waals surface area contributed by atoms with Gasteiger partial charge in [0, 0.05) is 17.4 Å². The van der Waals surface area contributed by atoms with Crippen LogP contribution in [-0.4, -0.2) is 39.6 Å². The lowest BCUT2D eigenvalue weighted by Crippen LogP contribution is -2.56. The second-order valence-electron chi connectivity index (χ2n) is 10.8. The van der Waals surface area contributed by atoms with Crippen molar-refractivity contribution in [3.05, 3.63) is 142 Å². The summed E-state index contributed by atoms with van der Waals surface area (Å²) >= 11 is 6.42. The van der Waals surface area contributed by atoms with Crippen molar-refractivity contribution >= 4 is 35.1 Å². The molecule has 0 unspecified atom stereocenters. The van der Waals surface area contributed by atoms with Gasteiger partial charge in [0.2, 0.25) is 0 Å². The van der Waals surface area contributed by atoms with E-state index in [-0.39, 0.29) is 22.4 Å². The fourth-order valence-corrected chi connectivity index (χ4v) is 7.24. The minimum absolute atomic E-state index is 0.104. The maximum atomic E-state index is 14.5. The summed E-state index contributed by atoms with van der Waals surface area (Å²) in [7, 11) is 0. The zero-order valence-corrected chi connectivity index (χ0v) is 22.9. The highest BCUT2D eigenvalue weighted by Crippen LogP contribution is 2.61. The van der Waals surface area contributed by atoms with E-state index >= 15 is 0 Å². The molecule has 1 aliphatic heterocycles. The second kappa shape index (κ2) is 9.53. The molecule has 3 amide bonds. The Balaban J connectivity index is 1.37. The summed E-state index contributed by atoms with van der Waals surface area (Å²) in [6.07, 6.45) is 0. The number of amides is 3. The summed E-state index contributed by atoms with van der Waals surface area (Å²) in [4.78, 5) is 56.8. The molecule has 8 rings (SSSR count). The molecule has 3 atom stereocenters. The van der Waals surface area contributed by atoms with Gasteiger partial charge in [0.1, 0.15) is 6.04 Å². The predicted octanol–water partition coefficient (Wildman–Crippen LogP) is 5.86. The van der Waals surface area contributed by atoms with E-state index in [0.717, 1.165) is 32.3 Å². The predicted molar refractivity (Wildman–Crippen MR) is 153 cm³/mol. The molecule has 7 heteroatoms.